The molecule has 1 aromatic carbocycles. The van der Waals surface area contributed by atoms with Crippen molar-refractivity contribution in [1.29, 1.82) is 0 Å². The maximum absolute atomic E-state index is 12.0. The molecular weight excluding hydrogens is 266 g/mol. The Labute approximate surface area is 125 Å². The van der Waals surface area contributed by atoms with Crippen LogP contribution in [-0.4, -0.2) is 23.9 Å². The molecule has 1 fully saturated rings. The van der Waals surface area contributed by atoms with E-state index in [1.165, 1.54) is 0 Å². The van der Waals surface area contributed by atoms with Crippen LogP contribution >= 0.6 is 0 Å². The Morgan fingerprint density at radius 1 is 1.29 bits per heavy atom. The van der Waals surface area contributed by atoms with Crippen molar-refractivity contribution in [2.75, 3.05) is 5.32 Å². The molecule has 0 spiro atoms. The standard InChI is InChI=1S/C16H23N3O2/c1-3-10(2)14(17)16(21)19-12-6-4-11(5-7-12)15(20)18-13-8-9-13/h4-7,10,13-14H,3,8-9,17H2,1-2H3,(H,18,20)(H,19,21)/t10?,14-/m0/s1. The molecule has 5 heteroatoms. The first-order valence-corrected chi connectivity index (χ1v) is 7.48. The minimum atomic E-state index is -0.521. The quantitative estimate of drug-likeness (QED) is 0.747. The van der Waals surface area contributed by atoms with E-state index in [0.717, 1.165) is 19.3 Å². The molecule has 0 radical (unpaired) electrons. The molecule has 2 atom stereocenters. The van der Waals surface area contributed by atoms with Crippen molar-refractivity contribution < 1.29 is 9.59 Å². The number of carbonyl (C=O) groups excluding carboxylic acids is 2. The summed E-state index contributed by atoms with van der Waals surface area (Å²) in [5, 5.41) is 5.71. The van der Waals surface area contributed by atoms with Crippen LogP contribution in [-0.2, 0) is 4.79 Å². The Morgan fingerprint density at radius 3 is 2.43 bits per heavy atom. The second kappa shape index (κ2) is 6.72. The van der Waals surface area contributed by atoms with Crippen molar-refractivity contribution in [2.45, 2.75) is 45.2 Å². The molecule has 1 aromatic rings. The number of carbonyl (C=O) groups is 2. The van der Waals surface area contributed by atoms with Crippen molar-refractivity contribution in [2.24, 2.45) is 11.7 Å². The van der Waals surface area contributed by atoms with Gasteiger partial charge in [-0.2, -0.15) is 0 Å². The number of hydrogen-bond donors (Lipinski definition) is 3. The van der Waals surface area contributed by atoms with E-state index in [0.29, 0.717) is 17.3 Å². The third-order valence-electron chi connectivity index (χ3n) is 3.89. The van der Waals surface area contributed by atoms with Crippen molar-refractivity contribution in [3.63, 3.8) is 0 Å². The van der Waals surface area contributed by atoms with Gasteiger partial charge in [-0.05, 0) is 43.0 Å². The van der Waals surface area contributed by atoms with Gasteiger partial charge >= 0.3 is 0 Å². The summed E-state index contributed by atoms with van der Waals surface area (Å²) >= 11 is 0. The molecule has 1 unspecified atom stereocenters. The minimum absolute atomic E-state index is 0.0633. The van der Waals surface area contributed by atoms with Gasteiger partial charge in [0.05, 0.1) is 6.04 Å². The molecule has 0 aliphatic heterocycles. The Kier molecular flexibility index (Phi) is 4.96. The molecule has 1 aliphatic rings. The summed E-state index contributed by atoms with van der Waals surface area (Å²) in [6.07, 6.45) is 2.98. The average Bonchev–Trinajstić information content (AvgIpc) is 3.30. The van der Waals surface area contributed by atoms with Crippen molar-refractivity contribution in [3.8, 4) is 0 Å². The first-order valence-electron chi connectivity index (χ1n) is 7.48. The number of nitrogens with one attached hydrogen (secondary N) is 2. The fourth-order valence-electron chi connectivity index (χ4n) is 1.94. The largest absolute Gasteiger partial charge is 0.349 e. The molecule has 21 heavy (non-hydrogen) atoms. The van der Waals surface area contributed by atoms with Crippen LogP contribution in [0.1, 0.15) is 43.5 Å². The van der Waals surface area contributed by atoms with E-state index in [4.69, 9.17) is 5.73 Å². The average molecular weight is 289 g/mol. The van der Waals surface area contributed by atoms with Crippen molar-refractivity contribution in [1.82, 2.24) is 5.32 Å². The lowest BCUT2D eigenvalue weighted by Gasteiger charge is -2.17. The predicted molar refractivity (Wildman–Crippen MR) is 83.0 cm³/mol. The SMILES string of the molecule is CCC(C)[C@H](N)C(=O)Nc1ccc(C(=O)NC2CC2)cc1. The van der Waals surface area contributed by atoms with E-state index in [9.17, 15) is 9.59 Å². The molecule has 2 amide bonds. The molecule has 2 rings (SSSR count). The lowest BCUT2D eigenvalue weighted by Crippen LogP contribution is -2.40. The lowest BCUT2D eigenvalue weighted by molar-refractivity contribution is -0.118. The first kappa shape index (κ1) is 15.5. The highest BCUT2D eigenvalue weighted by Crippen LogP contribution is 2.19. The Balaban J connectivity index is 1.92. The summed E-state index contributed by atoms with van der Waals surface area (Å²) in [4.78, 5) is 23.8. The van der Waals surface area contributed by atoms with E-state index in [-0.39, 0.29) is 17.7 Å². The lowest BCUT2D eigenvalue weighted by atomic mass is 9.99. The van der Waals surface area contributed by atoms with E-state index in [2.05, 4.69) is 10.6 Å². The molecule has 1 saturated carbocycles. The van der Waals surface area contributed by atoms with E-state index in [1.807, 2.05) is 13.8 Å². The zero-order chi connectivity index (χ0) is 15.4. The molecule has 4 N–H and O–H groups in total. The monoisotopic (exact) mass is 289 g/mol. The van der Waals surface area contributed by atoms with Crippen LogP contribution < -0.4 is 16.4 Å². The summed E-state index contributed by atoms with van der Waals surface area (Å²) in [6.45, 7) is 3.96. The van der Waals surface area contributed by atoms with Crippen molar-refractivity contribution >= 4 is 17.5 Å². The van der Waals surface area contributed by atoms with Crippen LogP contribution in [0.2, 0.25) is 0 Å². The Morgan fingerprint density at radius 2 is 1.90 bits per heavy atom. The molecule has 114 valence electrons. The number of rotatable bonds is 6. The van der Waals surface area contributed by atoms with E-state index >= 15 is 0 Å². The van der Waals surface area contributed by atoms with E-state index < -0.39 is 6.04 Å². The summed E-state index contributed by atoms with van der Waals surface area (Å²) in [6, 6.07) is 6.69. The van der Waals surface area contributed by atoms with Crippen LogP contribution in [0.25, 0.3) is 0 Å². The number of hydrogen-bond acceptors (Lipinski definition) is 3. The topological polar surface area (TPSA) is 84.2 Å². The molecule has 0 aromatic heterocycles. The van der Waals surface area contributed by atoms with Gasteiger partial charge in [0.25, 0.3) is 5.91 Å². The minimum Gasteiger partial charge on any atom is -0.349 e. The van der Waals surface area contributed by atoms with Crippen LogP contribution in [0.5, 0.6) is 0 Å². The predicted octanol–water partition coefficient (Wildman–Crippen LogP) is 1.89. The van der Waals surface area contributed by atoms with Crippen LogP contribution in [0.3, 0.4) is 0 Å². The smallest absolute Gasteiger partial charge is 0.251 e. The third-order valence-corrected chi connectivity index (χ3v) is 3.89. The summed E-state index contributed by atoms with van der Waals surface area (Å²) in [5.41, 5.74) is 7.14. The fourth-order valence-corrected chi connectivity index (χ4v) is 1.94. The molecule has 1 aliphatic carbocycles. The second-order valence-electron chi connectivity index (χ2n) is 5.73. The molecule has 0 saturated heterocycles. The maximum atomic E-state index is 12.0. The summed E-state index contributed by atoms with van der Waals surface area (Å²) in [5.74, 6) is -0.125. The second-order valence-corrected chi connectivity index (χ2v) is 5.73. The van der Waals surface area contributed by atoms with Gasteiger partial charge in [-0.15, -0.1) is 0 Å². The normalized spacial score (nSPS) is 16.9. The van der Waals surface area contributed by atoms with Crippen LogP contribution in [0.15, 0.2) is 24.3 Å². The number of nitrogens with two attached hydrogens (primary N) is 1. The van der Waals surface area contributed by atoms with Gasteiger partial charge in [-0.1, -0.05) is 20.3 Å². The van der Waals surface area contributed by atoms with Crippen LogP contribution in [0.4, 0.5) is 5.69 Å². The van der Waals surface area contributed by atoms with Crippen molar-refractivity contribution in [3.05, 3.63) is 29.8 Å². The summed E-state index contributed by atoms with van der Waals surface area (Å²) in [7, 11) is 0. The number of amides is 2. The van der Waals surface area contributed by atoms with Gasteiger partial charge < -0.3 is 16.4 Å². The zero-order valence-corrected chi connectivity index (χ0v) is 12.6. The van der Waals surface area contributed by atoms with Gasteiger partial charge in [-0.25, -0.2) is 0 Å². The maximum Gasteiger partial charge on any atom is 0.251 e. The third kappa shape index (κ3) is 4.29. The van der Waals surface area contributed by atoms with Gasteiger partial charge in [0.2, 0.25) is 5.91 Å². The van der Waals surface area contributed by atoms with Gasteiger partial charge in [-0.3, -0.25) is 9.59 Å². The van der Waals surface area contributed by atoms with E-state index in [1.54, 1.807) is 24.3 Å². The molecular formula is C16H23N3O2. The molecule has 5 nitrogen and oxygen atoms in total. The highest BCUT2D eigenvalue weighted by atomic mass is 16.2. The zero-order valence-electron chi connectivity index (χ0n) is 12.6. The Hall–Kier alpha value is -1.88. The highest BCUT2D eigenvalue weighted by molar-refractivity contribution is 5.97. The van der Waals surface area contributed by atoms with Gasteiger partial charge in [0.1, 0.15) is 0 Å². The van der Waals surface area contributed by atoms with Gasteiger partial charge in [0, 0.05) is 17.3 Å². The Bertz CT molecular complexity index is 509. The van der Waals surface area contributed by atoms with Crippen LogP contribution in [0, 0.1) is 5.92 Å². The van der Waals surface area contributed by atoms with Gasteiger partial charge in [0.15, 0.2) is 0 Å². The molecule has 0 bridgehead atoms. The summed E-state index contributed by atoms with van der Waals surface area (Å²) < 4.78 is 0. The highest BCUT2D eigenvalue weighted by Gasteiger charge is 2.24. The number of benzene rings is 1. The number of anilines is 1. The first-order chi connectivity index (χ1) is 10.0. The molecule has 0 heterocycles. The fraction of sp³-hybridized carbons (Fsp3) is 0.500.